The SMILES string of the molecule is CCNC(=NCC(C)CN1CCN(C)CC1)N1CCC2(CCC2)C1. The van der Waals surface area contributed by atoms with E-state index in [1.165, 1.54) is 71.5 Å². The van der Waals surface area contributed by atoms with Crippen LogP contribution in [0.5, 0.6) is 0 Å². The third kappa shape index (κ3) is 4.42. The van der Waals surface area contributed by atoms with Gasteiger partial charge in [0.25, 0.3) is 0 Å². The molecule has 0 amide bonds. The van der Waals surface area contributed by atoms with Crippen LogP contribution in [0.25, 0.3) is 0 Å². The molecule has 5 nitrogen and oxygen atoms in total. The molecule has 0 bridgehead atoms. The number of hydrogen-bond donors (Lipinski definition) is 1. The summed E-state index contributed by atoms with van der Waals surface area (Å²) < 4.78 is 0. The molecule has 1 atom stereocenters. The van der Waals surface area contributed by atoms with E-state index in [9.17, 15) is 0 Å². The van der Waals surface area contributed by atoms with Crippen molar-refractivity contribution < 1.29 is 0 Å². The van der Waals surface area contributed by atoms with Gasteiger partial charge in [-0.25, -0.2) is 0 Å². The Balaban J connectivity index is 1.48. The Kier molecular flexibility index (Phi) is 6.03. The molecule has 1 unspecified atom stereocenters. The molecule has 24 heavy (non-hydrogen) atoms. The minimum atomic E-state index is 0.627. The normalized spacial score (nSPS) is 26.6. The summed E-state index contributed by atoms with van der Waals surface area (Å²) in [5.74, 6) is 1.79. The minimum Gasteiger partial charge on any atom is -0.357 e. The summed E-state index contributed by atoms with van der Waals surface area (Å²) in [6.45, 7) is 14.9. The topological polar surface area (TPSA) is 34.1 Å². The molecule has 1 N–H and O–H groups in total. The van der Waals surface area contributed by atoms with Crippen LogP contribution in [-0.4, -0.2) is 86.6 Å². The fraction of sp³-hybridized carbons (Fsp3) is 0.947. The highest BCUT2D eigenvalue weighted by Gasteiger charge is 2.43. The predicted octanol–water partition coefficient (Wildman–Crippen LogP) is 1.71. The number of guanidine groups is 1. The van der Waals surface area contributed by atoms with Crippen LogP contribution in [0.3, 0.4) is 0 Å². The van der Waals surface area contributed by atoms with Gasteiger partial charge in [0.1, 0.15) is 0 Å². The second-order valence-electron chi connectivity index (χ2n) is 8.43. The molecule has 0 aromatic rings. The van der Waals surface area contributed by atoms with Crippen LogP contribution < -0.4 is 5.32 Å². The molecule has 138 valence electrons. The lowest BCUT2D eigenvalue weighted by Crippen LogP contribution is -2.46. The molecular formula is C19H37N5. The van der Waals surface area contributed by atoms with E-state index >= 15 is 0 Å². The lowest BCUT2D eigenvalue weighted by atomic mass is 9.68. The van der Waals surface area contributed by atoms with Crippen molar-refractivity contribution in [3.05, 3.63) is 0 Å². The zero-order valence-corrected chi connectivity index (χ0v) is 16.1. The molecule has 0 radical (unpaired) electrons. The highest BCUT2D eigenvalue weighted by molar-refractivity contribution is 5.80. The summed E-state index contributed by atoms with van der Waals surface area (Å²) in [7, 11) is 2.22. The maximum atomic E-state index is 4.99. The van der Waals surface area contributed by atoms with Crippen LogP contribution in [0.15, 0.2) is 4.99 Å². The molecule has 1 aliphatic carbocycles. The largest absolute Gasteiger partial charge is 0.357 e. The van der Waals surface area contributed by atoms with Crippen molar-refractivity contribution >= 4 is 5.96 Å². The van der Waals surface area contributed by atoms with Crippen molar-refractivity contribution in [1.29, 1.82) is 0 Å². The molecule has 2 saturated heterocycles. The number of aliphatic imine (C=N–C) groups is 1. The first-order chi connectivity index (χ1) is 11.6. The van der Waals surface area contributed by atoms with Gasteiger partial charge in [0, 0.05) is 58.9 Å². The van der Waals surface area contributed by atoms with Gasteiger partial charge in [0.2, 0.25) is 0 Å². The number of likely N-dealkylation sites (tertiary alicyclic amines) is 1. The predicted molar refractivity (Wildman–Crippen MR) is 102 cm³/mol. The molecular weight excluding hydrogens is 298 g/mol. The van der Waals surface area contributed by atoms with Crippen LogP contribution in [0.2, 0.25) is 0 Å². The van der Waals surface area contributed by atoms with E-state index in [2.05, 4.69) is 40.9 Å². The molecule has 1 spiro atoms. The van der Waals surface area contributed by atoms with E-state index in [1.807, 2.05) is 0 Å². The highest BCUT2D eigenvalue weighted by Crippen LogP contribution is 2.47. The Morgan fingerprint density at radius 2 is 1.88 bits per heavy atom. The summed E-state index contributed by atoms with van der Waals surface area (Å²) in [5.41, 5.74) is 0.641. The average molecular weight is 336 g/mol. The first-order valence-corrected chi connectivity index (χ1v) is 10.0. The molecule has 1 saturated carbocycles. The minimum absolute atomic E-state index is 0.627. The maximum absolute atomic E-state index is 4.99. The quantitative estimate of drug-likeness (QED) is 0.613. The Labute approximate surface area is 148 Å². The second kappa shape index (κ2) is 8.05. The number of nitrogens with zero attached hydrogens (tertiary/aromatic N) is 4. The smallest absolute Gasteiger partial charge is 0.193 e. The molecule has 0 aromatic heterocycles. The average Bonchev–Trinajstić information content (AvgIpc) is 2.99. The van der Waals surface area contributed by atoms with Gasteiger partial charge in [-0.05, 0) is 44.6 Å². The molecule has 3 fully saturated rings. The van der Waals surface area contributed by atoms with Crippen molar-refractivity contribution in [2.24, 2.45) is 16.3 Å². The van der Waals surface area contributed by atoms with Crippen molar-refractivity contribution in [3.8, 4) is 0 Å². The first-order valence-electron chi connectivity index (χ1n) is 10.0. The zero-order valence-electron chi connectivity index (χ0n) is 16.1. The molecule has 2 heterocycles. The molecule has 2 aliphatic heterocycles. The number of hydrogen-bond acceptors (Lipinski definition) is 3. The lowest BCUT2D eigenvalue weighted by Gasteiger charge is -2.38. The fourth-order valence-electron chi connectivity index (χ4n) is 4.40. The molecule has 3 aliphatic rings. The zero-order chi connectivity index (χ0) is 17.0. The summed E-state index contributed by atoms with van der Waals surface area (Å²) in [6.07, 6.45) is 5.67. The highest BCUT2D eigenvalue weighted by atomic mass is 15.3. The van der Waals surface area contributed by atoms with Crippen LogP contribution >= 0.6 is 0 Å². The second-order valence-corrected chi connectivity index (χ2v) is 8.43. The van der Waals surface area contributed by atoms with E-state index < -0.39 is 0 Å². The van der Waals surface area contributed by atoms with E-state index in [1.54, 1.807) is 0 Å². The van der Waals surface area contributed by atoms with Gasteiger partial charge in [-0.1, -0.05) is 13.3 Å². The maximum Gasteiger partial charge on any atom is 0.193 e. The first kappa shape index (κ1) is 18.0. The summed E-state index contributed by atoms with van der Waals surface area (Å²) in [4.78, 5) is 12.5. The van der Waals surface area contributed by atoms with Gasteiger partial charge in [-0.15, -0.1) is 0 Å². The van der Waals surface area contributed by atoms with Gasteiger partial charge in [-0.2, -0.15) is 0 Å². The van der Waals surface area contributed by atoms with Gasteiger partial charge >= 0.3 is 0 Å². The third-order valence-corrected chi connectivity index (χ3v) is 6.21. The van der Waals surface area contributed by atoms with Crippen molar-refractivity contribution in [1.82, 2.24) is 20.0 Å². The molecule has 0 aromatic carbocycles. The summed E-state index contributed by atoms with van der Waals surface area (Å²) in [6, 6.07) is 0. The molecule has 5 heteroatoms. The van der Waals surface area contributed by atoms with Gasteiger partial charge in [0.15, 0.2) is 5.96 Å². The van der Waals surface area contributed by atoms with Crippen molar-refractivity contribution in [2.45, 2.75) is 39.5 Å². The van der Waals surface area contributed by atoms with E-state index in [-0.39, 0.29) is 0 Å². The lowest BCUT2D eigenvalue weighted by molar-refractivity contribution is 0.140. The summed E-state index contributed by atoms with van der Waals surface area (Å²) >= 11 is 0. The summed E-state index contributed by atoms with van der Waals surface area (Å²) in [5, 5.41) is 3.53. The number of rotatable bonds is 5. The van der Waals surface area contributed by atoms with Crippen LogP contribution in [0, 0.1) is 11.3 Å². The Morgan fingerprint density at radius 3 is 2.46 bits per heavy atom. The monoisotopic (exact) mass is 335 g/mol. The van der Waals surface area contributed by atoms with Gasteiger partial charge in [0.05, 0.1) is 0 Å². The third-order valence-electron chi connectivity index (χ3n) is 6.21. The fourth-order valence-corrected chi connectivity index (χ4v) is 4.40. The van der Waals surface area contributed by atoms with Crippen molar-refractivity contribution in [2.75, 3.05) is 66.0 Å². The van der Waals surface area contributed by atoms with E-state index in [4.69, 9.17) is 4.99 Å². The van der Waals surface area contributed by atoms with E-state index in [0.717, 1.165) is 19.0 Å². The molecule has 3 rings (SSSR count). The van der Waals surface area contributed by atoms with Crippen LogP contribution in [0.4, 0.5) is 0 Å². The van der Waals surface area contributed by atoms with Crippen LogP contribution in [0.1, 0.15) is 39.5 Å². The van der Waals surface area contributed by atoms with E-state index in [0.29, 0.717) is 11.3 Å². The Hall–Kier alpha value is -0.810. The standard InChI is InChI=1S/C19H37N5/c1-4-20-18(24-9-8-19(16-24)6-5-7-19)21-14-17(2)15-23-12-10-22(3)11-13-23/h17H,4-16H2,1-3H3,(H,20,21). The van der Waals surface area contributed by atoms with Gasteiger partial charge in [-0.3, -0.25) is 4.99 Å². The Morgan fingerprint density at radius 1 is 1.12 bits per heavy atom. The van der Waals surface area contributed by atoms with Crippen molar-refractivity contribution in [3.63, 3.8) is 0 Å². The number of piperazine rings is 1. The number of nitrogens with one attached hydrogen (secondary N) is 1. The Bertz CT molecular complexity index is 423. The van der Waals surface area contributed by atoms with Crippen LogP contribution in [-0.2, 0) is 0 Å². The van der Waals surface area contributed by atoms with Gasteiger partial charge < -0.3 is 20.0 Å². The number of likely N-dealkylation sites (N-methyl/N-ethyl adjacent to an activating group) is 1.